The molecule has 2 aromatic rings. The second-order valence-electron chi connectivity index (χ2n) is 5.97. The van der Waals surface area contributed by atoms with Crippen LogP contribution >= 0.6 is 0 Å². The van der Waals surface area contributed by atoms with E-state index in [-0.39, 0.29) is 35.3 Å². The van der Waals surface area contributed by atoms with E-state index in [1.165, 1.54) is 13.0 Å². The van der Waals surface area contributed by atoms with Crippen molar-refractivity contribution in [3.8, 4) is 0 Å². The SMILES string of the molecule is Cc1cc(S(=O)(=O)Nc2ccc3c(c2F)CCNC3=O)cc(C(=O)O)c1F. The first kappa shape index (κ1) is 18.8. The Bertz CT molecular complexity index is 1080. The largest absolute Gasteiger partial charge is 0.478 e. The molecule has 27 heavy (non-hydrogen) atoms. The van der Waals surface area contributed by atoms with E-state index in [1.54, 1.807) is 0 Å². The van der Waals surface area contributed by atoms with Gasteiger partial charge in [-0.25, -0.2) is 22.0 Å². The summed E-state index contributed by atoms with van der Waals surface area (Å²) >= 11 is 0. The highest BCUT2D eigenvalue weighted by Crippen LogP contribution is 2.27. The van der Waals surface area contributed by atoms with Gasteiger partial charge >= 0.3 is 5.97 Å². The maximum absolute atomic E-state index is 14.7. The molecule has 0 unspecified atom stereocenters. The summed E-state index contributed by atoms with van der Waals surface area (Å²) in [6.45, 7) is 1.44. The Morgan fingerprint density at radius 1 is 1.22 bits per heavy atom. The van der Waals surface area contributed by atoms with Gasteiger partial charge in [0.05, 0.1) is 16.1 Å². The number of rotatable bonds is 4. The van der Waals surface area contributed by atoms with Gasteiger partial charge in [0.25, 0.3) is 15.9 Å². The Morgan fingerprint density at radius 3 is 2.59 bits per heavy atom. The molecule has 7 nitrogen and oxygen atoms in total. The molecule has 0 saturated carbocycles. The number of fused-ring (bicyclic) bond motifs is 1. The zero-order chi connectivity index (χ0) is 19.9. The molecule has 1 aliphatic heterocycles. The molecule has 0 radical (unpaired) electrons. The first-order valence-corrected chi connectivity index (χ1v) is 9.26. The molecule has 0 bridgehead atoms. The van der Waals surface area contributed by atoms with Crippen LogP contribution in [0.3, 0.4) is 0 Å². The molecule has 10 heteroatoms. The predicted molar refractivity (Wildman–Crippen MR) is 91.3 cm³/mol. The standard InChI is InChI=1S/C17H14F2N2O5S/c1-8-6-9(7-12(14(8)18)17(23)24)27(25,26)21-13-3-2-11-10(15(13)19)4-5-20-16(11)22/h2-3,6-7,21H,4-5H2,1H3,(H,20,22)(H,23,24). The minimum atomic E-state index is -4.39. The summed E-state index contributed by atoms with van der Waals surface area (Å²) in [4.78, 5) is 22.3. The molecule has 1 amide bonds. The number of hydrogen-bond acceptors (Lipinski definition) is 4. The number of sulfonamides is 1. The Labute approximate surface area is 153 Å². The Morgan fingerprint density at radius 2 is 1.93 bits per heavy atom. The van der Waals surface area contributed by atoms with Gasteiger partial charge in [-0.1, -0.05) is 0 Å². The third kappa shape index (κ3) is 3.35. The van der Waals surface area contributed by atoms with Crippen LogP contribution in [-0.4, -0.2) is 31.9 Å². The predicted octanol–water partition coefficient (Wildman–Crippen LogP) is 2.06. The molecule has 1 aliphatic rings. The quantitative estimate of drug-likeness (QED) is 0.732. The van der Waals surface area contributed by atoms with Crippen LogP contribution in [0.25, 0.3) is 0 Å². The van der Waals surface area contributed by atoms with Crippen LogP contribution in [0, 0.1) is 18.6 Å². The van der Waals surface area contributed by atoms with E-state index in [1.807, 2.05) is 4.72 Å². The molecule has 142 valence electrons. The highest BCUT2D eigenvalue weighted by molar-refractivity contribution is 7.92. The normalized spacial score (nSPS) is 13.7. The molecule has 0 fully saturated rings. The average Bonchev–Trinajstić information content (AvgIpc) is 2.59. The third-order valence-electron chi connectivity index (χ3n) is 4.16. The van der Waals surface area contributed by atoms with Gasteiger partial charge in [0, 0.05) is 17.7 Å². The monoisotopic (exact) mass is 396 g/mol. The van der Waals surface area contributed by atoms with Crippen molar-refractivity contribution in [2.45, 2.75) is 18.2 Å². The number of hydrogen-bond donors (Lipinski definition) is 3. The van der Waals surface area contributed by atoms with Crippen LogP contribution in [0.2, 0.25) is 0 Å². The van der Waals surface area contributed by atoms with E-state index in [2.05, 4.69) is 5.32 Å². The van der Waals surface area contributed by atoms with Crippen molar-refractivity contribution >= 4 is 27.6 Å². The first-order valence-electron chi connectivity index (χ1n) is 7.77. The number of amides is 1. The fraction of sp³-hybridized carbons (Fsp3) is 0.176. The topological polar surface area (TPSA) is 113 Å². The molecule has 1 heterocycles. The lowest BCUT2D eigenvalue weighted by Crippen LogP contribution is -2.32. The lowest BCUT2D eigenvalue weighted by atomic mass is 9.99. The highest BCUT2D eigenvalue weighted by Gasteiger charge is 2.26. The number of carbonyl (C=O) groups is 2. The molecule has 0 saturated heterocycles. The summed E-state index contributed by atoms with van der Waals surface area (Å²) in [5.74, 6) is -4.01. The molecule has 0 aliphatic carbocycles. The number of aromatic carboxylic acids is 1. The van der Waals surface area contributed by atoms with Crippen LogP contribution in [0.15, 0.2) is 29.2 Å². The van der Waals surface area contributed by atoms with E-state index in [9.17, 15) is 26.8 Å². The van der Waals surface area contributed by atoms with Gasteiger partial charge in [-0.15, -0.1) is 0 Å². The molecular weight excluding hydrogens is 382 g/mol. The number of carboxylic acids is 1. The number of benzene rings is 2. The lowest BCUT2D eigenvalue weighted by Gasteiger charge is -2.19. The van der Waals surface area contributed by atoms with Crippen LogP contribution in [0.4, 0.5) is 14.5 Å². The number of carbonyl (C=O) groups excluding carboxylic acids is 1. The van der Waals surface area contributed by atoms with Crippen molar-refractivity contribution in [2.24, 2.45) is 0 Å². The van der Waals surface area contributed by atoms with E-state index in [0.717, 1.165) is 12.1 Å². The minimum Gasteiger partial charge on any atom is -0.478 e. The molecule has 0 spiro atoms. The van der Waals surface area contributed by atoms with Gasteiger partial charge in [-0.05, 0) is 43.2 Å². The van der Waals surface area contributed by atoms with Gasteiger partial charge in [0.1, 0.15) is 5.82 Å². The van der Waals surface area contributed by atoms with Crippen LogP contribution in [0.5, 0.6) is 0 Å². The highest BCUT2D eigenvalue weighted by atomic mass is 32.2. The van der Waals surface area contributed by atoms with E-state index < -0.39 is 44.0 Å². The number of aryl methyl sites for hydroxylation is 1. The zero-order valence-electron chi connectivity index (χ0n) is 14.0. The second kappa shape index (κ2) is 6.62. The van der Waals surface area contributed by atoms with Crippen molar-refractivity contribution in [1.82, 2.24) is 5.32 Å². The first-order chi connectivity index (χ1) is 12.6. The Hall–Kier alpha value is -3.01. The van der Waals surface area contributed by atoms with Crippen LogP contribution < -0.4 is 10.0 Å². The van der Waals surface area contributed by atoms with Crippen molar-refractivity contribution < 1.29 is 31.9 Å². The number of halogens is 2. The molecular formula is C17H14F2N2O5S. The van der Waals surface area contributed by atoms with Gasteiger partial charge in [0.15, 0.2) is 5.82 Å². The average molecular weight is 396 g/mol. The maximum atomic E-state index is 14.7. The van der Waals surface area contributed by atoms with E-state index >= 15 is 0 Å². The Kier molecular flexibility index (Phi) is 4.60. The minimum absolute atomic E-state index is 0.0838. The zero-order valence-corrected chi connectivity index (χ0v) is 14.8. The van der Waals surface area contributed by atoms with E-state index in [0.29, 0.717) is 6.07 Å². The summed E-state index contributed by atoms with van der Waals surface area (Å²) in [6, 6.07) is 4.01. The molecule has 2 aromatic carbocycles. The molecule has 3 rings (SSSR count). The van der Waals surface area contributed by atoms with Crippen molar-refractivity contribution in [3.63, 3.8) is 0 Å². The van der Waals surface area contributed by atoms with Gasteiger partial charge in [0.2, 0.25) is 0 Å². The van der Waals surface area contributed by atoms with E-state index in [4.69, 9.17) is 5.11 Å². The maximum Gasteiger partial charge on any atom is 0.338 e. The number of nitrogens with one attached hydrogen (secondary N) is 2. The van der Waals surface area contributed by atoms with Crippen LogP contribution in [-0.2, 0) is 16.4 Å². The molecule has 3 N–H and O–H groups in total. The van der Waals surface area contributed by atoms with Gasteiger partial charge in [-0.2, -0.15) is 0 Å². The summed E-state index contributed by atoms with van der Waals surface area (Å²) in [5, 5.41) is 11.6. The van der Waals surface area contributed by atoms with Crippen molar-refractivity contribution in [1.29, 1.82) is 0 Å². The summed E-state index contributed by atoms with van der Waals surface area (Å²) < 4.78 is 55.6. The summed E-state index contributed by atoms with van der Waals surface area (Å²) in [6.07, 6.45) is 0.196. The fourth-order valence-corrected chi connectivity index (χ4v) is 3.97. The van der Waals surface area contributed by atoms with Crippen molar-refractivity contribution in [2.75, 3.05) is 11.3 Å². The number of anilines is 1. The van der Waals surface area contributed by atoms with Gasteiger partial charge in [-0.3, -0.25) is 9.52 Å². The lowest BCUT2D eigenvalue weighted by molar-refractivity contribution is 0.0691. The van der Waals surface area contributed by atoms with Crippen molar-refractivity contribution in [3.05, 3.63) is 58.2 Å². The summed E-state index contributed by atoms with van der Waals surface area (Å²) in [7, 11) is -4.39. The Balaban J connectivity index is 2.03. The smallest absolute Gasteiger partial charge is 0.338 e. The van der Waals surface area contributed by atoms with Crippen LogP contribution in [0.1, 0.15) is 31.8 Å². The van der Waals surface area contributed by atoms with Gasteiger partial charge < -0.3 is 10.4 Å². The fourth-order valence-electron chi connectivity index (χ4n) is 2.80. The second-order valence-corrected chi connectivity index (χ2v) is 7.65. The summed E-state index contributed by atoms with van der Waals surface area (Å²) in [5.41, 5.74) is -1.17. The number of carboxylic acid groups (broad SMARTS) is 1. The molecule has 0 atom stereocenters. The molecule has 0 aromatic heterocycles. The third-order valence-corrected chi connectivity index (χ3v) is 5.51.